The van der Waals surface area contributed by atoms with E-state index < -0.39 is 0 Å². The molecule has 1 saturated carbocycles. The van der Waals surface area contributed by atoms with Crippen LogP contribution in [0.4, 0.5) is 0 Å². The number of unbranched alkanes of at least 4 members (excludes halogenated alkanes) is 2. The first-order chi connectivity index (χ1) is 9.69. The molecule has 0 unspecified atom stereocenters. The van der Waals surface area contributed by atoms with E-state index in [1.165, 1.54) is 26.1 Å². The number of nitrogens with zero attached hydrogens (tertiary/aromatic N) is 1. The first kappa shape index (κ1) is 15.8. The Kier molecular flexibility index (Phi) is 5.85. The van der Waals surface area contributed by atoms with Crippen LogP contribution in [-0.4, -0.2) is 50.7 Å². The zero-order valence-corrected chi connectivity index (χ0v) is 13.1. The molecule has 1 heterocycles. The van der Waals surface area contributed by atoms with Gasteiger partial charge in [-0.15, -0.1) is 0 Å². The highest BCUT2D eigenvalue weighted by atomic mass is 16.5. The van der Waals surface area contributed by atoms with Crippen molar-refractivity contribution in [3.05, 3.63) is 0 Å². The molecule has 4 heteroatoms. The monoisotopic (exact) mass is 284 g/mol. The predicted molar refractivity (Wildman–Crippen MR) is 82.7 cm³/mol. The molecule has 1 saturated heterocycles. The third kappa shape index (κ3) is 3.95. The summed E-state index contributed by atoms with van der Waals surface area (Å²) in [5, 5.41) is 3.09. The Morgan fingerprint density at radius 2 is 2.10 bits per heavy atom. The van der Waals surface area contributed by atoms with Crippen LogP contribution < -0.4 is 5.32 Å². The van der Waals surface area contributed by atoms with Crippen LogP contribution in [0.5, 0.6) is 0 Å². The van der Waals surface area contributed by atoms with Crippen molar-refractivity contribution in [1.82, 2.24) is 10.2 Å². The molecule has 20 heavy (non-hydrogen) atoms. The average molecular weight is 284 g/mol. The zero-order valence-electron chi connectivity index (χ0n) is 13.1. The lowest BCUT2D eigenvalue weighted by atomic mass is 9.57. The average Bonchev–Trinajstić information content (AvgIpc) is 2.34. The van der Waals surface area contributed by atoms with Gasteiger partial charge in [0.1, 0.15) is 0 Å². The van der Waals surface area contributed by atoms with Crippen LogP contribution in [0.1, 0.15) is 46.9 Å². The summed E-state index contributed by atoms with van der Waals surface area (Å²) < 4.78 is 5.01. The van der Waals surface area contributed by atoms with Crippen molar-refractivity contribution in [2.45, 2.75) is 45.4 Å². The van der Waals surface area contributed by atoms with Crippen molar-refractivity contribution in [1.29, 1.82) is 0 Å². The maximum Gasteiger partial charge on any atom is 0.223 e. The highest BCUT2D eigenvalue weighted by Crippen LogP contribution is 2.51. The van der Waals surface area contributed by atoms with Crippen LogP contribution in [0.25, 0.3) is 0 Å². The SMILES string of the molecule is CCCN1CC2(CC(C(=O)NCCCCCOC)C2)C1.[HH]. The van der Waals surface area contributed by atoms with E-state index in [-0.39, 0.29) is 13.3 Å². The second-order valence-corrected chi connectivity index (χ2v) is 6.66. The second-order valence-electron chi connectivity index (χ2n) is 6.66. The molecule has 0 aromatic heterocycles. The number of carbonyl (C=O) groups excluding carboxylic acids is 1. The Hall–Kier alpha value is -0.610. The third-order valence-corrected chi connectivity index (χ3v) is 4.71. The van der Waals surface area contributed by atoms with Gasteiger partial charge in [0.25, 0.3) is 0 Å². The van der Waals surface area contributed by atoms with E-state index in [4.69, 9.17) is 4.74 Å². The fourth-order valence-electron chi connectivity index (χ4n) is 3.71. The van der Waals surface area contributed by atoms with Gasteiger partial charge in [-0.25, -0.2) is 0 Å². The molecule has 1 aliphatic carbocycles. The summed E-state index contributed by atoms with van der Waals surface area (Å²) >= 11 is 0. The molecule has 2 aliphatic rings. The molecule has 0 atom stereocenters. The van der Waals surface area contributed by atoms with Crippen molar-refractivity contribution in [3.63, 3.8) is 0 Å². The zero-order chi connectivity index (χ0) is 14.4. The van der Waals surface area contributed by atoms with Gasteiger partial charge in [-0.05, 0) is 50.5 Å². The van der Waals surface area contributed by atoms with Crippen molar-refractivity contribution < 1.29 is 11.0 Å². The number of hydrogen-bond acceptors (Lipinski definition) is 3. The first-order valence-electron chi connectivity index (χ1n) is 8.18. The van der Waals surface area contributed by atoms with Gasteiger partial charge in [-0.2, -0.15) is 0 Å². The van der Waals surface area contributed by atoms with Gasteiger partial charge >= 0.3 is 0 Å². The fourth-order valence-corrected chi connectivity index (χ4v) is 3.71. The molecule has 0 bridgehead atoms. The Balaban J connectivity index is 0.00000220. The van der Waals surface area contributed by atoms with Crippen LogP contribution in [0.15, 0.2) is 0 Å². The quantitative estimate of drug-likeness (QED) is 0.661. The van der Waals surface area contributed by atoms with Crippen molar-refractivity contribution in [3.8, 4) is 0 Å². The molecule has 1 aliphatic heterocycles. The number of ether oxygens (including phenoxy) is 1. The fraction of sp³-hybridized carbons (Fsp3) is 0.938. The molecule has 2 fully saturated rings. The molecule has 2 rings (SSSR count). The van der Waals surface area contributed by atoms with Crippen LogP contribution in [0, 0.1) is 11.3 Å². The van der Waals surface area contributed by atoms with Gasteiger partial charge < -0.3 is 15.0 Å². The van der Waals surface area contributed by atoms with Crippen molar-refractivity contribution >= 4 is 5.91 Å². The summed E-state index contributed by atoms with van der Waals surface area (Å²) in [6, 6.07) is 0. The molecule has 1 amide bonds. The number of carbonyl (C=O) groups is 1. The molecular weight excluding hydrogens is 252 g/mol. The maximum atomic E-state index is 12.0. The first-order valence-corrected chi connectivity index (χ1v) is 8.18. The molecule has 4 nitrogen and oxygen atoms in total. The number of rotatable bonds is 9. The highest BCUT2D eigenvalue weighted by Gasteiger charge is 2.53. The Morgan fingerprint density at radius 1 is 1.35 bits per heavy atom. The van der Waals surface area contributed by atoms with E-state index in [1.807, 2.05) is 0 Å². The van der Waals surface area contributed by atoms with Crippen LogP contribution in [0.3, 0.4) is 0 Å². The van der Waals surface area contributed by atoms with Gasteiger partial charge in [0.05, 0.1) is 0 Å². The van der Waals surface area contributed by atoms with Gasteiger partial charge in [-0.1, -0.05) is 6.92 Å². The summed E-state index contributed by atoms with van der Waals surface area (Å²) in [6.45, 7) is 7.55. The summed E-state index contributed by atoms with van der Waals surface area (Å²) in [7, 11) is 1.73. The smallest absolute Gasteiger partial charge is 0.223 e. The van der Waals surface area contributed by atoms with E-state index in [2.05, 4.69) is 17.1 Å². The lowest BCUT2D eigenvalue weighted by molar-refractivity contribution is -0.144. The van der Waals surface area contributed by atoms with Crippen LogP contribution in [-0.2, 0) is 9.53 Å². The normalized spacial score (nSPS) is 21.5. The van der Waals surface area contributed by atoms with Gasteiger partial charge in [-0.3, -0.25) is 4.79 Å². The molecule has 1 N–H and O–H groups in total. The Bertz CT molecular complexity index is 311. The summed E-state index contributed by atoms with van der Waals surface area (Å²) in [6.07, 6.45) is 6.76. The number of amides is 1. The molecular formula is C16H32N2O2. The van der Waals surface area contributed by atoms with E-state index in [1.54, 1.807) is 7.11 Å². The molecule has 1 spiro atoms. The van der Waals surface area contributed by atoms with Crippen molar-refractivity contribution in [2.24, 2.45) is 11.3 Å². The predicted octanol–water partition coefficient (Wildman–Crippen LogP) is 2.29. The summed E-state index contributed by atoms with van der Waals surface area (Å²) in [5.41, 5.74) is 0.510. The van der Waals surface area contributed by atoms with E-state index in [0.29, 0.717) is 5.41 Å². The molecule has 0 radical (unpaired) electrons. The number of nitrogens with one attached hydrogen (secondary N) is 1. The summed E-state index contributed by atoms with van der Waals surface area (Å²) in [5.74, 6) is 0.578. The minimum atomic E-state index is 0. The van der Waals surface area contributed by atoms with E-state index >= 15 is 0 Å². The van der Waals surface area contributed by atoms with Crippen LogP contribution >= 0.6 is 0 Å². The lowest BCUT2D eigenvalue weighted by Gasteiger charge is -2.58. The second kappa shape index (κ2) is 7.41. The highest BCUT2D eigenvalue weighted by molar-refractivity contribution is 5.79. The lowest BCUT2D eigenvalue weighted by Crippen LogP contribution is -2.63. The van der Waals surface area contributed by atoms with Gasteiger partial charge in [0.2, 0.25) is 5.91 Å². The maximum absolute atomic E-state index is 12.0. The van der Waals surface area contributed by atoms with Crippen molar-refractivity contribution in [2.75, 3.05) is 39.9 Å². The topological polar surface area (TPSA) is 41.6 Å². The molecule has 0 aromatic carbocycles. The van der Waals surface area contributed by atoms with E-state index in [0.717, 1.165) is 45.3 Å². The standard InChI is InChI=1S/C16H30N2O2.H2/c1-3-8-18-12-16(13-18)10-14(11-16)15(19)17-7-5-4-6-9-20-2;/h14H,3-13H2,1-2H3,(H,17,19);1H. The number of hydrogen-bond donors (Lipinski definition) is 1. The van der Waals surface area contributed by atoms with Gasteiger partial charge in [0, 0.05) is 40.7 Å². The minimum absolute atomic E-state index is 0. The Labute approximate surface area is 124 Å². The molecule has 0 aromatic rings. The minimum Gasteiger partial charge on any atom is -0.385 e. The van der Waals surface area contributed by atoms with Crippen LogP contribution in [0.2, 0.25) is 0 Å². The largest absolute Gasteiger partial charge is 0.385 e. The number of methoxy groups -OCH3 is 1. The molecule has 118 valence electrons. The number of likely N-dealkylation sites (tertiary alicyclic amines) is 1. The van der Waals surface area contributed by atoms with Gasteiger partial charge in [0.15, 0.2) is 0 Å². The third-order valence-electron chi connectivity index (χ3n) is 4.71. The summed E-state index contributed by atoms with van der Waals surface area (Å²) in [4.78, 5) is 14.5. The van der Waals surface area contributed by atoms with E-state index in [9.17, 15) is 4.79 Å². The Morgan fingerprint density at radius 3 is 2.75 bits per heavy atom.